The summed E-state index contributed by atoms with van der Waals surface area (Å²) in [6.45, 7) is 9.64. The Bertz CT molecular complexity index is 1660. The summed E-state index contributed by atoms with van der Waals surface area (Å²) in [6, 6.07) is 5.66. The summed E-state index contributed by atoms with van der Waals surface area (Å²) in [7, 11) is 3.10. The molecule has 0 spiro atoms. The van der Waals surface area contributed by atoms with Crippen LogP contribution in [0.25, 0.3) is 16.8 Å². The number of aromatic amines is 1. The predicted molar refractivity (Wildman–Crippen MR) is 184 cm³/mol. The summed E-state index contributed by atoms with van der Waals surface area (Å²) in [6.07, 6.45) is 8.73. The van der Waals surface area contributed by atoms with Crippen molar-refractivity contribution >= 4 is 51.8 Å². The number of ether oxygens (including phenoxy) is 1. The largest absolute Gasteiger partial charge is 0.450 e. The molecule has 1 aromatic carbocycles. The number of nitrogens with zero attached hydrogens (tertiary/aromatic N) is 2. The maximum atomic E-state index is 13.9. The highest BCUT2D eigenvalue weighted by molar-refractivity contribution is 7.81. The normalized spacial score (nSPS) is 21.9. The fraction of sp³-hybridized carbons (Fsp3) is 0.500. The van der Waals surface area contributed by atoms with Gasteiger partial charge in [-0.3, -0.25) is 23.9 Å². The molecule has 48 heavy (non-hydrogen) atoms. The number of rotatable bonds is 13. The van der Waals surface area contributed by atoms with Gasteiger partial charge in [-0.15, -0.1) is 6.58 Å². The van der Waals surface area contributed by atoms with Gasteiger partial charge in [-0.1, -0.05) is 51.1 Å². The molecule has 4 rings (SSSR count). The van der Waals surface area contributed by atoms with Crippen LogP contribution in [-0.2, 0) is 30.3 Å². The van der Waals surface area contributed by atoms with Crippen LogP contribution < -0.4 is 20.9 Å². The zero-order valence-electron chi connectivity index (χ0n) is 28.2. The van der Waals surface area contributed by atoms with E-state index in [0.717, 1.165) is 10.9 Å². The number of aromatic nitrogens is 1. The van der Waals surface area contributed by atoms with E-state index in [1.54, 1.807) is 26.4 Å². The average Bonchev–Trinajstić information content (AvgIpc) is 3.52. The summed E-state index contributed by atoms with van der Waals surface area (Å²) in [5, 5.41) is 7.00. The number of benzene rings is 1. The number of amides is 4. The number of unbranched alkanes of at least 4 members (excludes halogenated alkanes) is 1. The molecular weight excluding hydrogens is 636 g/mol. The van der Waals surface area contributed by atoms with E-state index in [9.17, 15) is 28.2 Å². The number of fused-ring (bicyclic) bond motifs is 1. The van der Waals surface area contributed by atoms with E-state index in [0.29, 0.717) is 44.0 Å². The number of carbonyl (C=O) groups excluding carboxylic acids is 4. The highest BCUT2D eigenvalue weighted by Gasteiger charge is 2.61. The van der Waals surface area contributed by atoms with Gasteiger partial charge >= 0.3 is 6.09 Å². The zero-order valence-corrected chi connectivity index (χ0v) is 29.0. The third-order valence-corrected chi connectivity index (χ3v) is 9.66. The Morgan fingerprint density at radius 3 is 2.65 bits per heavy atom. The first-order valence-electron chi connectivity index (χ1n) is 16.0. The van der Waals surface area contributed by atoms with Crippen LogP contribution in [0.15, 0.2) is 54.0 Å². The molecule has 0 radical (unpaired) electrons. The van der Waals surface area contributed by atoms with Crippen molar-refractivity contribution in [1.29, 1.82) is 0 Å². The maximum absolute atomic E-state index is 13.9. The molecule has 14 heteroatoms. The molecule has 2 unspecified atom stereocenters. The first-order chi connectivity index (χ1) is 22.7. The quantitative estimate of drug-likeness (QED) is 0.186. The highest BCUT2D eigenvalue weighted by Crippen LogP contribution is 2.45. The molecule has 5 atom stereocenters. The lowest BCUT2D eigenvalue weighted by Gasteiger charge is -2.35. The van der Waals surface area contributed by atoms with E-state index in [2.05, 4.69) is 26.9 Å². The fourth-order valence-electron chi connectivity index (χ4n) is 5.77. The zero-order chi connectivity index (χ0) is 35.2. The van der Waals surface area contributed by atoms with Gasteiger partial charge in [0.1, 0.15) is 17.6 Å². The average molecular weight is 683 g/mol. The topological polar surface area (TPSA) is 170 Å². The van der Waals surface area contributed by atoms with Crippen LogP contribution in [0, 0.1) is 11.3 Å². The van der Waals surface area contributed by atoms with Gasteiger partial charge in [-0.2, -0.15) is 0 Å². The molecule has 13 nitrogen and oxygen atoms in total. The molecule has 0 bridgehead atoms. The summed E-state index contributed by atoms with van der Waals surface area (Å²) in [5.41, 5.74) is -1.26. The van der Waals surface area contributed by atoms with Crippen molar-refractivity contribution in [3.63, 3.8) is 0 Å². The Kier molecular flexibility index (Phi) is 11.6. The Balaban J connectivity index is 1.31. The second-order valence-corrected chi connectivity index (χ2v) is 14.9. The molecule has 2 fully saturated rings. The van der Waals surface area contributed by atoms with Crippen LogP contribution in [-0.4, -0.2) is 87.1 Å². The van der Waals surface area contributed by atoms with Gasteiger partial charge in [0.2, 0.25) is 11.8 Å². The molecule has 4 amide bonds. The summed E-state index contributed by atoms with van der Waals surface area (Å²) < 4.78 is 21.4. The molecule has 2 heterocycles. The smallest absolute Gasteiger partial charge is 0.407 e. The summed E-state index contributed by atoms with van der Waals surface area (Å²) >= 11 is -1.78. The van der Waals surface area contributed by atoms with Gasteiger partial charge in [-0.25, -0.2) is 13.3 Å². The van der Waals surface area contributed by atoms with Gasteiger partial charge in [-0.05, 0) is 60.6 Å². The van der Waals surface area contributed by atoms with Crippen molar-refractivity contribution < 1.29 is 28.1 Å². The Morgan fingerprint density at radius 2 is 1.98 bits per heavy atom. The molecule has 4 N–H and O–H groups in total. The fourth-order valence-corrected chi connectivity index (χ4v) is 6.29. The number of hydrogen-bond acceptors (Lipinski definition) is 7. The van der Waals surface area contributed by atoms with E-state index in [-0.39, 0.29) is 18.1 Å². The molecule has 2 aliphatic rings. The van der Waals surface area contributed by atoms with Crippen LogP contribution in [0.3, 0.4) is 0 Å². The Hall–Kier alpha value is -4.30. The first-order valence-corrected chi connectivity index (χ1v) is 17.1. The van der Waals surface area contributed by atoms with E-state index in [1.807, 2.05) is 57.2 Å². The molecule has 1 aromatic heterocycles. The van der Waals surface area contributed by atoms with E-state index in [4.69, 9.17) is 4.74 Å². The third-order valence-electron chi connectivity index (χ3n) is 8.63. The summed E-state index contributed by atoms with van der Waals surface area (Å²) in [4.78, 5) is 69.4. The SMILES string of the molecule is C=C[C@@H]1C[C@]1(NC(=O)C1CCCN1C(=O)[C@@H](NC(=O)OCCC/C=C/c1ccc2cc[nH]c(=O)c2c1)C(C)(C)C)C(=O)NS(=O)N(C)C. The predicted octanol–water partition coefficient (Wildman–Crippen LogP) is 2.77. The maximum Gasteiger partial charge on any atom is 0.407 e. The van der Waals surface area contributed by atoms with Crippen LogP contribution in [0.2, 0.25) is 0 Å². The van der Waals surface area contributed by atoms with Gasteiger partial charge < -0.3 is 25.3 Å². The van der Waals surface area contributed by atoms with E-state index in [1.165, 1.54) is 9.21 Å². The number of alkyl carbamates (subject to hydrolysis) is 1. The Morgan fingerprint density at radius 1 is 1.23 bits per heavy atom. The molecule has 1 saturated heterocycles. The number of nitrogens with one attached hydrogen (secondary N) is 4. The molecule has 1 aliphatic carbocycles. The molecule has 2 aromatic rings. The van der Waals surface area contributed by atoms with Crippen molar-refractivity contribution in [1.82, 2.24) is 29.5 Å². The van der Waals surface area contributed by atoms with E-state index < -0.39 is 58.0 Å². The number of allylic oxidation sites excluding steroid dienone is 1. The van der Waals surface area contributed by atoms with Crippen molar-refractivity contribution in [3.05, 3.63) is 65.1 Å². The number of likely N-dealkylation sites (tertiary alicyclic amines) is 1. The monoisotopic (exact) mass is 682 g/mol. The van der Waals surface area contributed by atoms with Crippen molar-refractivity contribution in [2.24, 2.45) is 11.3 Å². The number of H-pyrrole nitrogens is 1. The number of carbonyl (C=O) groups is 4. The number of hydrogen-bond donors (Lipinski definition) is 4. The highest BCUT2D eigenvalue weighted by atomic mass is 32.2. The lowest BCUT2D eigenvalue weighted by molar-refractivity contribution is -0.142. The minimum atomic E-state index is -1.78. The standard InChI is InChI=1S/C34H46N6O7S/c1-7-24-21-34(24,31(44)38-48(46)39(5)6)37-29(42)26-13-11-18-40(26)30(43)27(33(2,3)4)36-32(45)47-19-10-8-9-12-22-14-15-23-16-17-35-28(41)25(23)20-22/h7,9,12,14-17,20,24,26-27H,1,8,10-11,13,18-19,21H2,2-6H3,(H,35,41)(H,36,45)(H,37,42)(H,38,44)/b12-9+/t24-,26?,27-,34-,48?/m1/s1. The first kappa shape index (κ1) is 36.5. The van der Waals surface area contributed by atoms with Gasteiger partial charge in [0.05, 0.1) is 6.61 Å². The Labute approximate surface area is 283 Å². The molecular formula is C34H46N6O7S. The van der Waals surface area contributed by atoms with E-state index >= 15 is 0 Å². The van der Waals surface area contributed by atoms with Crippen molar-refractivity contribution in [2.45, 2.75) is 70.5 Å². The van der Waals surface area contributed by atoms with Gasteiger partial charge in [0.25, 0.3) is 11.5 Å². The third kappa shape index (κ3) is 8.58. The van der Waals surface area contributed by atoms with Crippen LogP contribution in [0.1, 0.15) is 58.4 Å². The van der Waals surface area contributed by atoms with Gasteiger partial charge in [0, 0.05) is 38.1 Å². The minimum absolute atomic E-state index is 0.126. The lowest BCUT2D eigenvalue weighted by atomic mass is 9.85. The molecule has 1 saturated carbocycles. The van der Waals surface area contributed by atoms with Crippen molar-refractivity contribution in [3.8, 4) is 0 Å². The number of pyridine rings is 1. The second kappa shape index (κ2) is 15.3. The summed E-state index contributed by atoms with van der Waals surface area (Å²) in [5.74, 6) is -1.83. The van der Waals surface area contributed by atoms with Crippen LogP contribution >= 0.6 is 0 Å². The van der Waals surface area contributed by atoms with Crippen molar-refractivity contribution in [2.75, 3.05) is 27.2 Å². The van der Waals surface area contributed by atoms with Crippen LogP contribution in [0.4, 0.5) is 4.79 Å². The second-order valence-electron chi connectivity index (χ2n) is 13.5. The lowest BCUT2D eigenvalue weighted by Crippen LogP contribution is -2.60. The van der Waals surface area contributed by atoms with Gasteiger partial charge in [0.15, 0.2) is 11.2 Å². The molecule has 260 valence electrons. The molecule has 1 aliphatic heterocycles. The minimum Gasteiger partial charge on any atom is -0.450 e. The van der Waals surface area contributed by atoms with Crippen LogP contribution in [0.5, 0.6) is 0 Å².